The van der Waals surface area contributed by atoms with Gasteiger partial charge in [0.2, 0.25) is 11.8 Å². The van der Waals surface area contributed by atoms with Gasteiger partial charge in [0.25, 0.3) is 0 Å². The minimum Gasteiger partial charge on any atom is -0.508 e. The third-order valence-electron chi connectivity index (χ3n) is 5.38. The zero-order valence-electron chi connectivity index (χ0n) is 21.0. The standard InChI is InChI=1S/C27H34N2O6S/c1-17(2)14-22(28-26(33)24(36-18(3)30)16-19-8-6-5-7-9-19)25(32)29-23(27(34)35-4)15-20-10-12-21(31)13-11-20/h5-13,17,22-24,31H,14-16H2,1-4H3,(H,28,33)(H,29,32)/t22-,23-,24?/m0/s1. The Kier molecular flexibility index (Phi) is 11.5. The third-order valence-corrected chi connectivity index (χ3v) is 6.38. The summed E-state index contributed by atoms with van der Waals surface area (Å²) in [5, 5.41) is 14.1. The fourth-order valence-electron chi connectivity index (χ4n) is 3.66. The second-order valence-corrected chi connectivity index (χ2v) is 10.3. The van der Waals surface area contributed by atoms with Crippen LogP contribution < -0.4 is 10.6 Å². The van der Waals surface area contributed by atoms with E-state index in [1.807, 2.05) is 44.2 Å². The number of amides is 2. The van der Waals surface area contributed by atoms with E-state index in [0.717, 1.165) is 17.3 Å². The highest BCUT2D eigenvalue weighted by Crippen LogP contribution is 2.19. The molecule has 0 aliphatic rings. The molecule has 0 aliphatic carbocycles. The van der Waals surface area contributed by atoms with Gasteiger partial charge in [-0.05, 0) is 42.0 Å². The molecule has 0 radical (unpaired) electrons. The summed E-state index contributed by atoms with van der Waals surface area (Å²) < 4.78 is 4.87. The van der Waals surface area contributed by atoms with Crippen LogP contribution in [0.1, 0.15) is 38.3 Å². The first-order valence-corrected chi connectivity index (χ1v) is 12.6. The number of carbonyl (C=O) groups excluding carboxylic acids is 4. The zero-order chi connectivity index (χ0) is 26.7. The van der Waals surface area contributed by atoms with Gasteiger partial charge in [-0.1, -0.05) is 68.1 Å². The maximum absolute atomic E-state index is 13.2. The molecule has 3 atom stereocenters. The van der Waals surface area contributed by atoms with Crippen molar-refractivity contribution >= 4 is 34.7 Å². The minimum atomic E-state index is -0.981. The molecule has 0 saturated heterocycles. The average Bonchev–Trinajstić information content (AvgIpc) is 2.83. The van der Waals surface area contributed by atoms with Crippen molar-refractivity contribution in [3.8, 4) is 5.75 Å². The molecule has 0 spiro atoms. The van der Waals surface area contributed by atoms with Crippen molar-refractivity contribution in [3.05, 3.63) is 65.7 Å². The van der Waals surface area contributed by atoms with Crippen LogP contribution in [0.3, 0.4) is 0 Å². The van der Waals surface area contributed by atoms with E-state index in [0.29, 0.717) is 18.4 Å². The van der Waals surface area contributed by atoms with E-state index in [2.05, 4.69) is 10.6 Å². The number of ether oxygens (including phenoxy) is 1. The number of rotatable bonds is 12. The maximum Gasteiger partial charge on any atom is 0.328 e. The highest BCUT2D eigenvalue weighted by Gasteiger charge is 2.31. The van der Waals surface area contributed by atoms with E-state index in [1.54, 1.807) is 12.1 Å². The van der Waals surface area contributed by atoms with Crippen molar-refractivity contribution in [3.63, 3.8) is 0 Å². The Bertz CT molecular complexity index is 1030. The molecule has 2 aromatic carbocycles. The number of methoxy groups -OCH3 is 1. The molecule has 2 amide bonds. The van der Waals surface area contributed by atoms with Crippen LogP contribution in [0.5, 0.6) is 5.75 Å². The van der Waals surface area contributed by atoms with Crippen molar-refractivity contribution in [1.82, 2.24) is 10.6 Å². The molecule has 0 heterocycles. The summed E-state index contributed by atoms with van der Waals surface area (Å²) in [4.78, 5) is 50.7. The number of thioether (sulfide) groups is 1. The van der Waals surface area contributed by atoms with Crippen LogP contribution in [0.4, 0.5) is 0 Å². The van der Waals surface area contributed by atoms with Crippen LogP contribution in [-0.4, -0.2) is 52.4 Å². The summed E-state index contributed by atoms with van der Waals surface area (Å²) in [7, 11) is 1.23. The second kappa shape index (κ2) is 14.3. The van der Waals surface area contributed by atoms with Crippen molar-refractivity contribution < 1.29 is 29.0 Å². The van der Waals surface area contributed by atoms with Crippen LogP contribution in [0, 0.1) is 5.92 Å². The lowest BCUT2D eigenvalue weighted by Gasteiger charge is -2.25. The summed E-state index contributed by atoms with van der Waals surface area (Å²) in [6.45, 7) is 5.25. The number of hydrogen-bond acceptors (Lipinski definition) is 7. The Morgan fingerprint density at radius 3 is 2.00 bits per heavy atom. The molecule has 1 unspecified atom stereocenters. The van der Waals surface area contributed by atoms with Gasteiger partial charge in [0, 0.05) is 13.3 Å². The SMILES string of the molecule is COC(=O)[C@H](Cc1ccc(O)cc1)NC(=O)[C@H](CC(C)C)NC(=O)C(Cc1ccccc1)SC(C)=O. The fourth-order valence-corrected chi connectivity index (χ4v) is 4.51. The Labute approximate surface area is 216 Å². The molecule has 8 nitrogen and oxygen atoms in total. The highest BCUT2D eigenvalue weighted by molar-refractivity contribution is 8.14. The van der Waals surface area contributed by atoms with Crippen molar-refractivity contribution in [2.45, 2.75) is 57.4 Å². The average molecular weight is 515 g/mol. The van der Waals surface area contributed by atoms with Gasteiger partial charge in [-0.25, -0.2) is 4.79 Å². The number of phenols is 1. The Morgan fingerprint density at radius 2 is 1.44 bits per heavy atom. The first-order valence-electron chi connectivity index (χ1n) is 11.8. The van der Waals surface area contributed by atoms with Crippen LogP contribution in [0.25, 0.3) is 0 Å². The first-order chi connectivity index (χ1) is 17.1. The molecule has 0 aromatic heterocycles. The van der Waals surface area contributed by atoms with Gasteiger partial charge >= 0.3 is 5.97 Å². The molecule has 2 aromatic rings. The molecular weight excluding hydrogens is 480 g/mol. The molecule has 194 valence electrons. The lowest BCUT2D eigenvalue weighted by atomic mass is 10.0. The predicted octanol–water partition coefficient (Wildman–Crippen LogP) is 3.01. The number of phenolic OH excluding ortho intramolecular Hbond substituents is 1. The number of benzene rings is 2. The Hall–Kier alpha value is -3.33. The number of esters is 1. The molecular formula is C27H34N2O6S. The van der Waals surface area contributed by atoms with E-state index in [1.165, 1.54) is 26.2 Å². The number of carbonyl (C=O) groups is 4. The van der Waals surface area contributed by atoms with Crippen molar-refractivity contribution in [2.24, 2.45) is 5.92 Å². The van der Waals surface area contributed by atoms with Gasteiger partial charge < -0.3 is 20.5 Å². The molecule has 2 rings (SSSR count). The summed E-state index contributed by atoms with van der Waals surface area (Å²) in [5.41, 5.74) is 1.62. The van der Waals surface area contributed by atoms with E-state index >= 15 is 0 Å². The second-order valence-electron chi connectivity index (χ2n) is 8.93. The molecule has 9 heteroatoms. The van der Waals surface area contributed by atoms with Crippen LogP contribution in [-0.2, 0) is 36.8 Å². The molecule has 36 heavy (non-hydrogen) atoms. The molecule has 0 fully saturated rings. The van der Waals surface area contributed by atoms with E-state index in [-0.39, 0.29) is 23.2 Å². The van der Waals surface area contributed by atoms with Crippen molar-refractivity contribution in [1.29, 1.82) is 0 Å². The molecule has 3 N–H and O–H groups in total. The van der Waals surface area contributed by atoms with Gasteiger partial charge in [0.15, 0.2) is 5.12 Å². The topological polar surface area (TPSA) is 122 Å². The van der Waals surface area contributed by atoms with E-state index in [4.69, 9.17) is 4.74 Å². The predicted molar refractivity (Wildman–Crippen MR) is 139 cm³/mol. The minimum absolute atomic E-state index is 0.0720. The van der Waals surface area contributed by atoms with E-state index in [9.17, 15) is 24.3 Å². The maximum atomic E-state index is 13.2. The number of nitrogens with one attached hydrogen (secondary N) is 2. The number of aromatic hydroxyl groups is 1. The van der Waals surface area contributed by atoms with Gasteiger partial charge in [-0.15, -0.1) is 0 Å². The molecule has 0 aliphatic heterocycles. The molecule has 0 saturated carbocycles. The summed E-state index contributed by atoms with van der Waals surface area (Å²) in [5.74, 6) is -1.40. The van der Waals surface area contributed by atoms with Crippen LogP contribution in [0.2, 0.25) is 0 Å². The lowest BCUT2D eigenvalue weighted by molar-refractivity contribution is -0.145. The summed E-state index contributed by atoms with van der Waals surface area (Å²) in [6.07, 6.45) is 0.823. The van der Waals surface area contributed by atoms with Crippen LogP contribution >= 0.6 is 11.8 Å². The Morgan fingerprint density at radius 1 is 0.861 bits per heavy atom. The molecule has 0 bridgehead atoms. The smallest absolute Gasteiger partial charge is 0.328 e. The van der Waals surface area contributed by atoms with E-state index < -0.39 is 35.1 Å². The Balaban J connectivity index is 2.18. The fraction of sp³-hybridized carbons (Fsp3) is 0.407. The lowest BCUT2D eigenvalue weighted by Crippen LogP contribution is -2.54. The highest BCUT2D eigenvalue weighted by atomic mass is 32.2. The summed E-state index contributed by atoms with van der Waals surface area (Å²) in [6, 6.07) is 13.7. The van der Waals surface area contributed by atoms with Gasteiger partial charge in [0.05, 0.1) is 12.4 Å². The third kappa shape index (κ3) is 9.73. The zero-order valence-corrected chi connectivity index (χ0v) is 21.8. The normalized spacial score (nSPS) is 13.4. The largest absolute Gasteiger partial charge is 0.508 e. The van der Waals surface area contributed by atoms with Gasteiger partial charge in [-0.2, -0.15) is 0 Å². The number of hydrogen-bond donors (Lipinski definition) is 3. The van der Waals surface area contributed by atoms with Crippen LogP contribution in [0.15, 0.2) is 54.6 Å². The van der Waals surface area contributed by atoms with Gasteiger partial charge in [0.1, 0.15) is 17.8 Å². The van der Waals surface area contributed by atoms with Crippen molar-refractivity contribution in [2.75, 3.05) is 7.11 Å². The monoisotopic (exact) mass is 514 g/mol. The summed E-state index contributed by atoms with van der Waals surface area (Å²) >= 11 is 0.923. The quantitative estimate of drug-likeness (QED) is 0.372. The van der Waals surface area contributed by atoms with Gasteiger partial charge in [-0.3, -0.25) is 14.4 Å². The first kappa shape index (κ1) is 28.9.